The minimum absolute atomic E-state index is 0.412. The van der Waals surface area contributed by atoms with E-state index in [-0.39, 0.29) is 0 Å². The van der Waals surface area contributed by atoms with Gasteiger partial charge in [-0.25, -0.2) is 0 Å². The highest BCUT2D eigenvalue weighted by Crippen LogP contribution is 2.52. The quantitative estimate of drug-likeness (QED) is 0.640. The summed E-state index contributed by atoms with van der Waals surface area (Å²) in [7, 11) is 0. The van der Waals surface area contributed by atoms with Crippen molar-refractivity contribution in [1.29, 1.82) is 0 Å². The van der Waals surface area contributed by atoms with Gasteiger partial charge in [0.1, 0.15) is 0 Å². The second-order valence-electron chi connectivity index (χ2n) is 4.25. The molecule has 1 rings (SSSR count). The van der Waals surface area contributed by atoms with Gasteiger partial charge >= 0.3 is 0 Å². The van der Waals surface area contributed by atoms with Crippen LogP contribution in [-0.4, -0.2) is 6.04 Å². The Morgan fingerprint density at radius 2 is 1.80 bits per heavy atom. The van der Waals surface area contributed by atoms with Gasteiger partial charge in [-0.2, -0.15) is 0 Å². The smallest absolute Gasteiger partial charge is 0.00671 e. The summed E-state index contributed by atoms with van der Waals surface area (Å²) in [5, 5.41) is 0. The molecule has 0 aromatic carbocycles. The first-order valence-corrected chi connectivity index (χ1v) is 4.32. The molecule has 0 aromatic rings. The third kappa shape index (κ3) is 1.51. The van der Waals surface area contributed by atoms with E-state index in [0.717, 1.165) is 5.92 Å². The van der Waals surface area contributed by atoms with Crippen LogP contribution in [0.2, 0.25) is 0 Å². The van der Waals surface area contributed by atoms with Gasteiger partial charge in [0, 0.05) is 6.04 Å². The van der Waals surface area contributed by atoms with E-state index in [4.69, 9.17) is 5.73 Å². The first kappa shape index (κ1) is 8.06. The lowest BCUT2D eigenvalue weighted by molar-refractivity contribution is 0.337. The molecule has 0 bridgehead atoms. The van der Waals surface area contributed by atoms with Crippen LogP contribution < -0.4 is 5.73 Å². The first-order valence-electron chi connectivity index (χ1n) is 4.32. The first-order chi connectivity index (χ1) is 4.57. The van der Waals surface area contributed by atoms with Crippen molar-refractivity contribution in [2.75, 3.05) is 0 Å². The highest BCUT2D eigenvalue weighted by Gasteiger charge is 2.45. The summed E-state index contributed by atoms with van der Waals surface area (Å²) in [6.07, 6.45) is 4.05. The maximum Gasteiger partial charge on any atom is 0.00671 e. The molecule has 0 saturated heterocycles. The van der Waals surface area contributed by atoms with Crippen LogP contribution in [0.4, 0.5) is 0 Å². The molecule has 0 radical (unpaired) electrons. The molecular weight excluding hydrogens is 122 g/mol. The van der Waals surface area contributed by atoms with Crippen molar-refractivity contribution in [2.24, 2.45) is 17.1 Å². The molecular formula is C9H19N. The predicted molar refractivity (Wildman–Crippen MR) is 44.8 cm³/mol. The molecule has 1 nitrogen and oxygen atoms in total. The lowest BCUT2D eigenvalue weighted by atomic mass is 9.89. The lowest BCUT2D eigenvalue weighted by Gasteiger charge is -2.21. The Bertz CT molecular complexity index is 112. The zero-order valence-corrected chi connectivity index (χ0v) is 7.35. The van der Waals surface area contributed by atoms with Crippen LogP contribution in [0.15, 0.2) is 0 Å². The summed E-state index contributed by atoms with van der Waals surface area (Å²) in [6, 6.07) is 0.412. The number of hydrogen-bond donors (Lipinski definition) is 1. The largest absolute Gasteiger partial charge is 0.327 e. The molecule has 1 atom stereocenters. The van der Waals surface area contributed by atoms with E-state index >= 15 is 0 Å². The van der Waals surface area contributed by atoms with Crippen LogP contribution >= 0.6 is 0 Å². The van der Waals surface area contributed by atoms with Crippen molar-refractivity contribution in [2.45, 2.75) is 46.1 Å². The average Bonchev–Trinajstić information content (AvgIpc) is 2.46. The fourth-order valence-corrected chi connectivity index (χ4v) is 1.82. The summed E-state index contributed by atoms with van der Waals surface area (Å²) in [4.78, 5) is 0. The molecule has 0 aromatic heterocycles. The Morgan fingerprint density at radius 3 is 1.90 bits per heavy atom. The van der Waals surface area contributed by atoms with Crippen molar-refractivity contribution in [3.63, 3.8) is 0 Å². The van der Waals surface area contributed by atoms with Crippen molar-refractivity contribution in [3.8, 4) is 0 Å². The standard InChI is InChI=1S/C9H19N/c1-7(2)6-9(4-5-9)8(3)10/h7-8H,4-6,10H2,1-3H3/t8-/m0/s1. The van der Waals surface area contributed by atoms with Crippen LogP contribution in [0.3, 0.4) is 0 Å². The highest BCUT2D eigenvalue weighted by molar-refractivity contribution is 4.99. The van der Waals surface area contributed by atoms with E-state index in [0.29, 0.717) is 11.5 Å². The topological polar surface area (TPSA) is 26.0 Å². The molecule has 1 heteroatoms. The molecule has 1 aliphatic carbocycles. The molecule has 0 spiro atoms. The monoisotopic (exact) mass is 141 g/mol. The van der Waals surface area contributed by atoms with Crippen LogP contribution in [0.5, 0.6) is 0 Å². The Balaban J connectivity index is 2.38. The van der Waals surface area contributed by atoms with Crippen molar-refractivity contribution in [1.82, 2.24) is 0 Å². The van der Waals surface area contributed by atoms with Crippen LogP contribution in [-0.2, 0) is 0 Å². The average molecular weight is 141 g/mol. The maximum absolute atomic E-state index is 5.88. The molecule has 1 aliphatic rings. The molecule has 2 N–H and O–H groups in total. The van der Waals surface area contributed by atoms with E-state index in [1.165, 1.54) is 19.3 Å². The van der Waals surface area contributed by atoms with Gasteiger partial charge in [0.2, 0.25) is 0 Å². The van der Waals surface area contributed by atoms with Crippen molar-refractivity contribution >= 4 is 0 Å². The van der Waals surface area contributed by atoms with Gasteiger partial charge in [-0.3, -0.25) is 0 Å². The normalized spacial score (nSPS) is 24.9. The fraction of sp³-hybridized carbons (Fsp3) is 1.00. The van der Waals surface area contributed by atoms with Crippen LogP contribution in [0, 0.1) is 11.3 Å². The van der Waals surface area contributed by atoms with Gasteiger partial charge < -0.3 is 5.73 Å². The Labute approximate surface area is 64.0 Å². The summed E-state index contributed by atoms with van der Waals surface area (Å²) in [5.41, 5.74) is 6.43. The van der Waals surface area contributed by atoms with Gasteiger partial charge in [0.05, 0.1) is 0 Å². The maximum atomic E-state index is 5.88. The third-order valence-corrected chi connectivity index (χ3v) is 2.67. The summed E-state index contributed by atoms with van der Waals surface area (Å²) < 4.78 is 0. The summed E-state index contributed by atoms with van der Waals surface area (Å²) in [5.74, 6) is 0.813. The van der Waals surface area contributed by atoms with E-state index in [1.54, 1.807) is 0 Å². The number of rotatable bonds is 3. The second-order valence-corrected chi connectivity index (χ2v) is 4.25. The van der Waals surface area contributed by atoms with E-state index in [1.807, 2.05) is 0 Å². The molecule has 0 unspecified atom stereocenters. The van der Waals surface area contributed by atoms with Gasteiger partial charge in [-0.05, 0) is 37.5 Å². The zero-order valence-electron chi connectivity index (χ0n) is 7.35. The molecule has 1 fully saturated rings. The Kier molecular flexibility index (Phi) is 2.04. The Morgan fingerprint density at radius 1 is 1.30 bits per heavy atom. The summed E-state index contributed by atoms with van der Waals surface area (Å²) >= 11 is 0. The fourth-order valence-electron chi connectivity index (χ4n) is 1.82. The number of nitrogens with two attached hydrogens (primary N) is 1. The molecule has 0 aliphatic heterocycles. The highest BCUT2D eigenvalue weighted by atomic mass is 14.7. The number of hydrogen-bond acceptors (Lipinski definition) is 1. The third-order valence-electron chi connectivity index (χ3n) is 2.67. The molecule has 0 amide bonds. The molecule has 0 heterocycles. The van der Waals surface area contributed by atoms with Crippen molar-refractivity contribution < 1.29 is 0 Å². The second kappa shape index (κ2) is 2.54. The molecule has 60 valence electrons. The van der Waals surface area contributed by atoms with Gasteiger partial charge in [0.15, 0.2) is 0 Å². The zero-order chi connectivity index (χ0) is 7.78. The molecule has 10 heavy (non-hydrogen) atoms. The minimum Gasteiger partial charge on any atom is -0.327 e. The Hall–Kier alpha value is -0.0400. The van der Waals surface area contributed by atoms with Gasteiger partial charge in [0.25, 0.3) is 0 Å². The van der Waals surface area contributed by atoms with Gasteiger partial charge in [-0.15, -0.1) is 0 Å². The van der Waals surface area contributed by atoms with Gasteiger partial charge in [-0.1, -0.05) is 13.8 Å². The minimum atomic E-state index is 0.412. The molecule has 1 saturated carbocycles. The van der Waals surface area contributed by atoms with Crippen molar-refractivity contribution in [3.05, 3.63) is 0 Å². The SMILES string of the molecule is CC(C)CC1([C@H](C)N)CC1. The van der Waals surface area contributed by atoms with Crippen LogP contribution in [0.25, 0.3) is 0 Å². The van der Waals surface area contributed by atoms with E-state index in [2.05, 4.69) is 20.8 Å². The van der Waals surface area contributed by atoms with E-state index < -0.39 is 0 Å². The van der Waals surface area contributed by atoms with E-state index in [9.17, 15) is 0 Å². The lowest BCUT2D eigenvalue weighted by Crippen LogP contribution is -2.29. The van der Waals surface area contributed by atoms with Crippen LogP contribution in [0.1, 0.15) is 40.0 Å². The predicted octanol–water partition coefficient (Wildman–Crippen LogP) is 2.16. The summed E-state index contributed by atoms with van der Waals surface area (Å²) in [6.45, 7) is 6.71.